The van der Waals surface area contributed by atoms with E-state index in [1.54, 1.807) is 36.8 Å². The number of hydrogen-bond acceptors (Lipinski definition) is 4. The number of carboxylic acid groups (broad SMARTS) is 1. The second-order valence-corrected chi connectivity index (χ2v) is 6.61. The van der Waals surface area contributed by atoms with Crippen LogP contribution < -0.4 is 5.32 Å². The summed E-state index contributed by atoms with van der Waals surface area (Å²) >= 11 is 0. The minimum Gasteiger partial charge on any atom is -0.480 e. The first kappa shape index (κ1) is 18.7. The first-order valence-electron chi connectivity index (χ1n) is 8.99. The second-order valence-electron chi connectivity index (χ2n) is 6.61. The van der Waals surface area contributed by atoms with Gasteiger partial charge in [0.25, 0.3) is 5.91 Å². The Kier molecular flexibility index (Phi) is 5.90. The van der Waals surface area contributed by atoms with Gasteiger partial charge in [-0.3, -0.25) is 9.59 Å². The number of nitrogens with one attached hydrogen (secondary N) is 1. The molecule has 0 saturated carbocycles. The van der Waals surface area contributed by atoms with Gasteiger partial charge in [0.15, 0.2) is 0 Å². The molecule has 2 amide bonds. The molecule has 1 aromatic heterocycles. The summed E-state index contributed by atoms with van der Waals surface area (Å²) in [7, 11) is 0. The van der Waals surface area contributed by atoms with Crippen molar-refractivity contribution in [3.63, 3.8) is 0 Å². The van der Waals surface area contributed by atoms with Crippen LogP contribution in [-0.2, 0) is 16.0 Å². The number of anilines is 1. The Balaban J connectivity index is 1.64. The van der Waals surface area contributed by atoms with Crippen molar-refractivity contribution in [3.05, 3.63) is 54.0 Å². The highest BCUT2D eigenvalue weighted by Crippen LogP contribution is 2.21. The van der Waals surface area contributed by atoms with Gasteiger partial charge in [0, 0.05) is 24.2 Å². The Labute approximate surface area is 157 Å². The first-order valence-corrected chi connectivity index (χ1v) is 8.99. The van der Waals surface area contributed by atoms with Crippen LogP contribution in [0, 0.1) is 0 Å². The Bertz CT molecular complexity index is 816. The summed E-state index contributed by atoms with van der Waals surface area (Å²) < 4.78 is 4.97. The number of piperidine rings is 1. The van der Waals surface area contributed by atoms with Crippen molar-refractivity contribution in [1.29, 1.82) is 0 Å². The molecule has 1 aliphatic rings. The normalized spacial score (nSPS) is 16.7. The largest absolute Gasteiger partial charge is 0.480 e. The highest BCUT2D eigenvalue weighted by atomic mass is 16.4. The summed E-state index contributed by atoms with van der Waals surface area (Å²) in [6, 6.07) is 7.63. The van der Waals surface area contributed by atoms with Crippen molar-refractivity contribution >= 4 is 23.5 Å². The number of aryl methyl sites for hydroxylation is 1. The summed E-state index contributed by atoms with van der Waals surface area (Å²) in [5.41, 5.74) is 1.83. The van der Waals surface area contributed by atoms with Crippen LogP contribution in [0.1, 0.15) is 41.6 Å². The smallest absolute Gasteiger partial charge is 0.326 e. The van der Waals surface area contributed by atoms with Crippen molar-refractivity contribution in [2.24, 2.45) is 0 Å². The second kappa shape index (κ2) is 8.53. The number of carbonyl (C=O) groups excluding carboxylic acids is 2. The van der Waals surface area contributed by atoms with E-state index in [0.29, 0.717) is 37.1 Å². The fourth-order valence-electron chi connectivity index (χ4n) is 3.24. The van der Waals surface area contributed by atoms with Crippen LogP contribution >= 0.6 is 0 Å². The molecular weight excluding hydrogens is 348 g/mol. The Morgan fingerprint density at radius 2 is 2.07 bits per heavy atom. The maximum absolute atomic E-state index is 12.8. The number of rotatable bonds is 6. The van der Waals surface area contributed by atoms with Gasteiger partial charge >= 0.3 is 5.97 Å². The Morgan fingerprint density at radius 3 is 2.81 bits per heavy atom. The fourth-order valence-corrected chi connectivity index (χ4v) is 3.24. The number of benzene rings is 1. The molecular formula is C20H22N2O5. The van der Waals surface area contributed by atoms with E-state index in [1.165, 1.54) is 4.90 Å². The average molecular weight is 370 g/mol. The predicted molar refractivity (Wildman–Crippen MR) is 98.4 cm³/mol. The van der Waals surface area contributed by atoms with Crippen LogP contribution in [-0.4, -0.2) is 40.4 Å². The van der Waals surface area contributed by atoms with Crippen LogP contribution in [0.5, 0.6) is 0 Å². The van der Waals surface area contributed by atoms with E-state index < -0.39 is 12.0 Å². The summed E-state index contributed by atoms with van der Waals surface area (Å²) in [4.78, 5) is 37.7. The third kappa shape index (κ3) is 4.75. The van der Waals surface area contributed by atoms with Crippen molar-refractivity contribution in [2.75, 3.05) is 11.9 Å². The van der Waals surface area contributed by atoms with Crippen LogP contribution in [0.25, 0.3) is 0 Å². The third-order valence-electron chi connectivity index (χ3n) is 4.66. The summed E-state index contributed by atoms with van der Waals surface area (Å²) in [6.45, 7) is 0.428. The lowest BCUT2D eigenvalue weighted by molar-refractivity contribution is -0.143. The van der Waals surface area contributed by atoms with Gasteiger partial charge in [-0.1, -0.05) is 6.07 Å². The molecule has 1 aromatic carbocycles. The van der Waals surface area contributed by atoms with Crippen molar-refractivity contribution < 1.29 is 23.9 Å². The SMILES string of the molecule is O=C(CCc1ccoc1)Nc1cccc(C(=O)N2CCCCC2C(=O)O)c1. The number of likely N-dealkylation sites (tertiary alicyclic amines) is 1. The number of amides is 2. The molecule has 0 radical (unpaired) electrons. The Hall–Kier alpha value is -3.09. The van der Waals surface area contributed by atoms with Gasteiger partial charge in [-0.15, -0.1) is 0 Å². The molecule has 3 rings (SSSR count). The van der Waals surface area contributed by atoms with Crippen LogP contribution in [0.15, 0.2) is 47.3 Å². The standard InChI is InChI=1S/C20H22N2O5/c23-18(8-7-14-9-11-27-13-14)21-16-5-3-4-15(12-16)19(24)22-10-2-1-6-17(22)20(25)26/h3-5,9,11-13,17H,1-2,6-8,10H2,(H,21,23)(H,25,26). The lowest BCUT2D eigenvalue weighted by atomic mass is 10.0. The quantitative estimate of drug-likeness (QED) is 0.814. The maximum Gasteiger partial charge on any atom is 0.326 e. The maximum atomic E-state index is 12.8. The predicted octanol–water partition coefficient (Wildman–Crippen LogP) is 2.93. The minimum atomic E-state index is -0.980. The third-order valence-corrected chi connectivity index (χ3v) is 4.66. The highest BCUT2D eigenvalue weighted by Gasteiger charge is 2.32. The lowest BCUT2D eigenvalue weighted by Crippen LogP contribution is -2.48. The van der Waals surface area contributed by atoms with Gasteiger partial charge in [-0.2, -0.15) is 0 Å². The molecule has 2 aromatic rings. The summed E-state index contributed by atoms with van der Waals surface area (Å²) in [5.74, 6) is -1.47. The molecule has 27 heavy (non-hydrogen) atoms. The summed E-state index contributed by atoms with van der Waals surface area (Å²) in [5, 5.41) is 12.1. The van der Waals surface area contributed by atoms with E-state index in [-0.39, 0.29) is 11.8 Å². The molecule has 7 heteroatoms. The van der Waals surface area contributed by atoms with Gasteiger partial charge in [-0.25, -0.2) is 4.79 Å². The molecule has 1 fully saturated rings. The fraction of sp³-hybridized carbons (Fsp3) is 0.350. The van der Waals surface area contributed by atoms with Gasteiger partial charge in [-0.05, 0) is 55.5 Å². The van der Waals surface area contributed by atoms with Gasteiger partial charge in [0.05, 0.1) is 12.5 Å². The zero-order valence-corrected chi connectivity index (χ0v) is 14.9. The topological polar surface area (TPSA) is 99.9 Å². The van der Waals surface area contributed by atoms with Crippen molar-refractivity contribution in [2.45, 2.75) is 38.1 Å². The number of nitrogens with zero attached hydrogens (tertiary/aromatic N) is 1. The average Bonchev–Trinajstić information content (AvgIpc) is 3.19. The molecule has 1 saturated heterocycles. The van der Waals surface area contributed by atoms with Gasteiger partial charge in [0.1, 0.15) is 6.04 Å². The van der Waals surface area contributed by atoms with Crippen molar-refractivity contribution in [3.8, 4) is 0 Å². The highest BCUT2D eigenvalue weighted by molar-refractivity contribution is 5.99. The molecule has 0 bridgehead atoms. The zero-order valence-electron chi connectivity index (χ0n) is 14.9. The van der Waals surface area contributed by atoms with Crippen molar-refractivity contribution in [1.82, 2.24) is 4.90 Å². The molecule has 142 valence electrons. The van der Waals surface area contributed by atoms with Crippen LogP contribution in [0.3, 0.4) is 0 Å². The molecule has 0 aliphatic carbocycles. The van der Waals surface area contributed by atoms with Crippen LogP contribution in [0.2, 0.25) is 0 Å². The van der Waals surface area contributed by atoms with E-state index in [2.05, 4.69) is 5.32 Å². The van der Waals surface area contributed by atoms with Gasteiger partial charge in [0.2, 0.25) is 5.91 Å². The van der Waals surface area contributed by atoms with E-state index in [9.17, 15) is 19.5 Å². The Morgan fingerprint density at radius 1 is 1.22 bits per heavy atom. The first-order chi connectivity index (χ1) is 13.0. The summed E-state index contributed by atoms with van der Waals surface area (Å²) in [6.07, 6.45) is 6.08. The molecule has 2 N–H and O–H groups in total. The lowest BCUT2D eigenvalue weighted by Gasteiger charge is -2.33. The molecule has 1 aliphatic heterocycles. The number of aliphatic carboxylic acids is 1. The monoisotopic (exact) mass is 370 g/mol. The van der Waals surface area contributed by atoms with Crippen LogP contribution in [0.4, 0.5) is 5.69 Å². The molecule has 7 nitrogen and oxygen atoms in total. The van der Waals surface area contributed by atoms with E-state index >= 15 is 0 Å². The number of hydrogen-bond donors (Lipinski definition) is 2. The van der Waals surface area contributed by atoms with Gasteiger partial charge < -0.3 is 19.7 Å². The molecule has 2 heterocycles. The molecule has 1 unspecified atom stereocenters. The zero-order chi connectivity index (χ0) is 19.2. The van der Waals surface area contributed by atoms with E-state index in [4.69, 9.17) is 4.42 Å². The minimum absolute atomic E-state index is 0.165. The number of furan rings is 1. The van der Waals surface area contributed by atoms with E-state index in [0.717, 1.165) is 18.4 Å². The van der Waals surface area contributed by atoms with E-state index in [1.807, 2.05) is 6.07 Å². The molecule has 0 spiro atoms. The number of carboxylic acids is 1. The molecule has 1 atom stereocenters. The number of carbonyl (C=O) groups is 3.